The molecule has 0 spiro atoms. The Hall–Kier alpha value is -2.39. The third kappa shape index (κ3) is 4.30. The minimum atomic E-state index is -0.837. The molecule has 1 aliphatic rings. The van der Waals surface area contributed by atoms with Crippen molar-refractivity contribution < 1.29 is 18.7 Å². The highest BCUT2D eigenvalue weighted by atomic mass is 19.1. The first-order valence-corrected chi connectivity index (χ1v) is 7.27. The lowest BCUT2D eigenvalue weighted by molar-refractivity contribution is -0.144. The summed E-state index contributed by atoms with van der Waals surface area (Å²) in [6.45, 7) is 2.94. The number of esters is 1. The van der Waals surface area contributed by atoms with Gasteiger partial charge in [0.15, 0.2) is 0 Å². The van der Waals surface area contributed by atoms with Crippen LogP contribution in [0.5, 0.6) is 0 Å². The second kappa shape index (κ2) is 7.25. The van der Waals surface area contributed by atoms with Gasteiger partial charge in [-0.25, -0.2) is 9.18 Å². The molecular weight excluding hydrogens is 299 g/mol. The molecule has 0 saturated carbocycles. The lowest BCUT2D eigenvalue weighted by Gasteiger charge is -2.14. The molecule has 0 aliphatic carbocycles. The Balaban J connectivity index is 1.92. The van der Waals surface area contributed by atoms with E-state index in [1.54, 1.807) is 6.07 Å². The van der Waals surface area contributed by atoms with Crippen LogP contribution in [0.1, 0.15) is 17.5 Å². The Morgan fingerprint density at radius 1 is 1.57 bits per heavy atom. The van der Waals surface area contributed by atoms with Gasteiger partial charge in [0, 0.05) is 19.5 Å². The van der Waals surface area contributed by atoms with Crippen LogP contribution in [0, 0.1) is 25.1 Å². The first kappa shape index (κ1) is 17.0. The SMILES string of the molecule is C#CCC(NC(=O)C1CN1Cc1cc(F)ccc1C)C(=O)OC. The lowest BCUT2D eigenvalue weighted by atomic mass is 10.1. The predicted molar refractivity (Wildman–Crippen MR) is 82.7 cm³/mol. The highest BCUT2D eigenvalue weighted by Crippen LogP contribution is 2.23. The summed E-state index contributed by atoms with van der Waals surface area (Å²) in [6, 6.07) is 3.42. The summed E-state index contributed by atoms with van der Waals surface area (Å²) in [5, 5.41) is 2.60. The summed E-state index contributed by atoms with van der Waals surface area (Å²) in [4.78, 5) is 25.6. The number of benzene rings is 1. The molecule has 3 atom stereocenters. The number of hydrogen-bond donors (Lipinski definition) is 1. The molecule has 1 heterocycles. The van der Waals surface area contributed by atoms with E-state index >= 15 is 0 Å². The number of ether oxygens (including phenoxy) is 1. The molecular formula is C17H19FN2O3. The molecule has 0 bridgehead atoms. The van der Waals surface area contributed by atoms with Crippen LogP contribution in [0.3, 0.4) is 0 Å². The number of hydrogen-bond acceptors (Lipinski definition) is 4. The first-order chi connectivity index (χ1) is 11.0. The maximum absolute atomic E-state index is 13.3. The van der Waals surface area contributed by atoms with E-state index in [1.165, 1.54) is 19.2 Å². The van der Waals surface area contributed by atoms with Gasteiger partial charge in [0.1, 0.15) is 17.9 Å². The van der Waals surface area contributed by atoms with E-state index in [2.05, 4.69) is 16.0 Å². The molecule has 0 aromatic heterocycles. The van der Waals surface area contributed by atoms with Crippen molar-refractivity contribution in [1.29, 1.82) is 0 Å². The molecule has 1 saturated heterocycles. The van der Waals surface area contributed by atoms with E-state index < -0.39 is 12.0 Å². The summed E-state index contributed by atoms with van der Waals surface area (Å²) < 4.78 is 17.9. The average Bonchev–Trinajstić information content (AvgIpc) is 3.29. The first-order valence-electron chi connectivity index (χ1n) is 7.27. The van der Waals surface area contributed by atoms with Crippen LogP contribution in [0.4, 0.5) is 4.39 Å². The fraction of sp³-hybridized carbons (Fsp3) is 0.412. The molecule has 0 radical (unpaired) electrons. The van der Waals surface area contributed by atoms with Gasteiger partial charge in [-0.2, -0.15) is 0 Å². The van der Waals surface area contributed by atoms with E-state index in [1.807, 2.05) is 11.8 Å². The van der Waals surface area contributed by atoms with Crippen molar-refractivity contribution in [2.45, 2.75) is 32.0 Å². The molecule has 3 unspecified atom stereocenters. The summed E-state index contributed by atoms with van der Waals surface area (Å²) in [7, 11) is 1.24. The standard InChI is InChI=1S/C17H19FN2O3/c1-4-5-14(17(22)23-3)19-16(21)15-10-20(15)9-12-8-13(18)7-6-11(12)2/h1,6-8,14-15H,5,9-10H2,2-3H3,(H,19,21). The van der Waals surface area contributed by atoms with E-state index in [-0.39, 0.29) is 24.2 Å². The molecule has 1 amide bonds. The Bertz CT molecular complexity index is 654. The second-order valence-corrected chi connectivity index (χ2v) is 5.51. The Morgan fingerprint density at radius 2 is 2.30 bits per heavy atom. The summed E-state index contributed by atoms with van der Waals surface area (Å²) in [5.74, 6) is 1.20. The van der Waals surface area contributed by atoms with Gasteiger partial charge >= 0.3 is 5.97 Å². The molecule has 1 aromatic rings. The van der Waals surface area contributed by atoms with Crippen LogP contribution >= 0.6 is 0 Å². The maximum Gasteiger partial charge on any atom is 0.329 e. The van der Waals surface area contributed by atoms with E-state index in [9.17, 15) is 14.0 Å². The zero-order chi connectivity index (χ0) is 17.0. The Kier molecular flexibility index (Phi) is 5.35. The van der Waals surface area contributed by atoms with Gasteiger partial charge in [-0.1, -0.05) is 6.07 Å². The van der Waals surface area contributed by atoms with Gasteiger partial charge in [0.25, 0.3) is 0 Å². The number of carbonyl (C=O) groups is 2. The van der Waals surface area contributed by atoms with Crippen LogP contribution in [-0.2, 0) is 20.9 Å². The quantitative estimate of drug-likeness (QED) is 0.483. The summed E-state index contributed by atoms with van der Waals surface area (Å²) in [6.07, 6.45) is 5.27. The lowest BCUT2D eigenvalue weighted by Crippen LogP contribution is -2.43. The average molecular weight is 318 g/mol. The van der Waals surface area contributed by atoms with Crippen LogP contribution in [0.25, 0.3) is 0 Å². The van der Waals surface area contributed by atoms with Crippen LogP contribution in [0.15, 0.2) is 18.2 Å². The van der Waals surface area contributed by atoms with Gasteiger partial charge in [0.05, 0.1) is 7.11 Å². The zero-order valence-electron chi connectivity index (χ0n) is 13.1. The zero-order valence-corrected chi connectivity index (χ0v) is 13.1. The highest BCUT2D eigenvalue weighted by molar-refractivity contribution is 5.89. The minimum absolute atomic E-state index is 0.0775. The van der Waals surface area contributed by atoms with Gasteiger partial charge in [-0.3, -0.25) is 9.69 Å². The monoisotopic (exact) mass is 318 g/mol. The molecule has 1 aliphatic heterocycles. The van der Waals surface area contributed by atoms with E-state index in [0.29, 0.717) is 13.1 Å². The van der Waals surface area contributed by atoms with Gasteiger partial charge in [-0.05, 0) is 30.2 Å². The second-order valence-electron chi connectivity index (χ2n) is 5.51. The number of rotatable bonds is 6. The fourth-order valence-corrected chi connectivity index (χ4v) is 2.35. The van der Waals surface area contributed by atoms with Crippen molar-refractivity contribution in [2.24, 2.45) is 0 Å². The number of terminal acetylenes is 1. The Morgan fingerprint density at radius 3 is 2.96 bits per heavy atom. The van der Waals surface area contributed by atoms with E-state index in [0.717, 1.165) is 11.1 Å². The van der Waals surface area contributed by atoms with Crippen molar-refractivity contribution in [3.63, 3.8) is 0 Å². The Labute approximate surface area is 134 Å². The minimum Gasteiger partial charge on any atom is -0.467 e. The summed E-state index contributed by atoms with van der Waals surface area (Å²) >= 11 is 0. The molecule has 1 fully saturated rings. The molecule has 6 heteroatoms. The molecule has 2 rings (SSSR count). The van der Waals surface area contributed by atoms with Crippen molar-refractivity contribution in [3.8, 4) is 12.3 Å². The molecule has 1 aromatic carbocycles. The van der Waals surface area contributed by atoms with Crippen LogP contribution < -0.4 is 5.32 Å². The van der Waals surface area contributed by atoms with Gasteiger partial charge < -0.3 is 10.1 Å². The molecule has 23 heavy (non-hydrogen) atoms. The molecule has 1 N–H and O–H groups in total. The third-order valence-electron chi connectivity index (χ3n) is 3.83. The summed E-state index contributed by atoms with van der Waals surface area (Å²) in [5.41, 5.74) is 1.81. The number of nitrogens with one attached hydrogen (secondary N) is 1. The largest absolute Gasteiger partial charge is 0.467 e. The number of carbonyl (C=O) groups excluding carboxylic acids is 2. The number of amides is 1. The van der Waals surface area contributed by atoms with Crippen LogP contribution in [-0.4, -0.2) is 42.5 Å². The number of halogens is 1. The van der Waals surface area contributed by atoms with Crippen molar-refractivity contribution >= 4 is 11.9 Å². The van der Waals surface area contributed by atoms with E-state index in [4.69, 9.17) is 6.42 Å². The number of methoxy groups -OCH3 is 1. The highest BCUT2D eigenvalue weighted by Gasteiger charge is 2.41. The van der Waals surface area contributed by atoms with Crippen molar-refractivity contribution in [1.82, 2.24) is 10.2 Å². The van der Waals surface area contributed by atoms with Gasteiger partial charge in [0.2, 0.25) is 5.91 Å². The van der Waals surface area contributed by atoms with Gasteiger partial charge in [-0.15, -0.1) is 12.3 Å². The normalized spacial score (nSPS) is 20.3. The molecule has 122 valence electrons. The van der Waals surface area contributed by atoms with Crippen molar-refractivity contribution in [3.05, 3.63) is 35.1 Å². The smallest absolute Gasteiger partial charge is 0.329 e. The van der Waals surface area contributed by atoms with Crippen molar-refractivity contribution in [2.75, 3.05) is 13.7 Å². The topological polar surface area (TPSA) is 58.4 Å². The van der Waals surface area contributed by atoms with Crippen LogP contribution in [0.2, 0.25) is 0 Å². The number of nitrogens with zero attached hydrogens (tertiary/aromatic N) is 1. The third-order valence-corrected chi connectivity index (χ3v) is 3.83. The predicted octanol–water partition coefficient (Wildman–Crippen LogP) is 0.999. The molecule has 5 nitrogen and oxygen atoms in total. The fourth-order valence-electron chi connectivity index (χ4n) is 2.35. The maximum atomic E-state index is 13.3. The number of aryl methyl sites for hydroxylation is 1.